The van der Waals surface area contributed by atoms with Gasteiger partial charge in [0.15, 0.2) is 0 Å². The molecule has 1 aromatic rings. The normalized spacial score (nSPS) is 18.1. The highest BCUT2D eigenvalue weighted by Crippen LogP contribution is 2.46. The molecule has 1 aliphatic rings. The predicted octanol–water partition coefficient (Wildman–Crippen LogP) is 3.35. The van der Waals surface area contributed by atoms with Gasteiger partial charge in [0.1, 0.15) is 0 Å². The summed E-state index contributed by atoms with van der Waals surface area (Å²) >= 11 is 3.93. The smallest absolute Gasteiger partial charge is 0.0282 e. The predicted molar refractivity (Wildman–Crippen MR) is 71.0 cm³/mol. The molecule has 0 unspecified atom stereocenters. The van der Waals surface area contributed by atoms with E-state index >= 15 is 0 Å². The van der Waals surface area contributed by atoms with E-state index in [1.54, 1.807) is 0 Å². The third-order valence-corrected chi connectivity index (χ3v) is 5.57. The number of hydrogen-bond acceptors (Lipinski definition) is 3. The van der Waals surface area contributed by atoms with Gasteiger partial charge in [0.25, 0.3) is 0 Å². The van der Waals surface area contributed by atoms with Crippen molar-refractivity contribution in [1.82, 2.24) is 5.32 Å². The summed E-state index contributed by atoms with van der Waals surface area (Å²) in [7, 11) is 0. The minimum Gasteiger partial charge on any atom is -0.311 e. The minimum absolute atomic E-state index is 0.582. The third-order valence-electron chi connectivity index (χ3n) is 3.15. The molecular formula is C12H19NS2. The number of thiophene rings is 1. The van der Waals surface area contributed by atoms with Crippen LogP contribution >= 0.6 is 23.1 Å². The van der Waals surface area contributed by atoms with Crippen molar-refractivity contribution < 1.29 is 0 Å². The molecule has 0 aliphatic heterocycles. The molecule has 0 amide bonds. The maximum atomic E-state index is 3.60. The third kappa shape index (κ3) is 2.77. The summed E-state index contributed by atoms with van der Waals surface area (Å²) in [4.78, 5) is 2.89. The Labute approximate surface area is 101 Å². The van der Waals surface area contributed by atoms with Gasteiger partial charge >= 0.3 is 0 Å². The Morgan fingerprint density at radius 1 is 1.47 bits per heavy atom. The highest BCUT2D eigenvalue weighted by molar-refractivity contribution is 8.00. The van der Waals surface area contributed by atoms with Gasteiger partial charge in [-0.05, 0) is 44.6 Å². The fourth-order valence-corrected chi connectivity index (χ4v) is 3.58. The molecule has 1 nitrogen and oxygen atoms in total. The minimum atomic E-state index is 0.582. The van der Waals surface area contributed by atoms with Crippen molar-refractivity contribution in [3.63, 3.8) is 0 Å². The van der Waals surface area contributed by atoms with Crippen LogP contribution in [0.1, 0.15) is 28.2 Å². The van der Waals surface area contributed by atoms with E-state index in [0.717, 1.165) is 6.54 Å². The van der Waals surface area contributed by atoms with E-state index in [-0.39, 0.29) is 0 Å². The van der Waals surface area contributed by atoms with E-state index in [1.807, 2.05) is 23.1 Å². The van der Waals surface area contributed by atoms with Crippen LogP contribution in [0.15, 0.2) is 6.07 Å². The molecule has 0 bridgehead atoms. The first-order valence-electron chi connectivity index (χ1n) is 5.47. The molecule has 0 aromatic carbocycles. The number of nitrogens with one attached hydrogen (secondary N) is 1. The SMILES string of the molecule is CSC1(CNCc2cc(C)sc2C)CC1. The van der Waals surface area contributed by atoms with E-state index in [2.05, 4.69) is 31.5 Å². The number of hydrogen-bond donors (Lipinski definition) is 1. The van der Waals surface area contributed by atoms with Crippen molar-refractivity contribution in [3.05, 3.63) is 21.4 Å². The monoisotopic (exact) mass is 241 g/mol. The summed E-state index contributed by atoms with van der Waals surface area (Å²) in [5.74, 6) is 0. The van der Waals surface area contributed by atoms with Gasteiger partial charge in [-0.15, -0.1) is 11.3 Å². The second-order valence-corrected chi connectivity index (χ2v) is 7.16. The van der Waals surface area contributed by atoms with Crippen LogP contribution in [-0.4, -0.2) is 17.5 Å². The van der Waals surface area contributed by atoms with E-state index in [0.29, 0.717) is 4.75 Å². The van der Waals surface area contributed by atoms with Crippen molar-refractivity contribution in [2.75, 3.05) is 12.8 Å². The molecule has 0 radical (unpaired) electrons. The van der Waals surface area contributed by atoms with Gasteiger partial charge in [-0.25, -0.2) is 0 Å². The number of aryl methyl sites for hydroxylation is 2. The van der Waals surface area contributed by atoms with Crippen LogP contribution in [0.4, 0.5) is 0 Å². The van der Waals surface area contributed by atoms with Crippen LogP contribution in [-0.2, 0) is 6.54 Å². The molecule has 1 aliphatic carbocycles. The molecule has 0 saturated heterocycles. The van der Waals surface area contributed by atoms with E-state index in [1.165, 1.54) is 34.7 Å². The lowest BCUT2D eigenvalue weighted by molar-refractivity contribution is 0.662. The second-order valence-electron chi connectivity index (χ2n) is 4.43. The maximum absolute atomic E-state index is 3.60. The fourth-order valence-electron chi connectivity index (χ4n) is 1.88. The highest BCUT2D eigenvalue weighted by Gasteiger charge is 2.41. The van der Waals surface area contributed by atoms with Gasteiger partial charge in [-0.2, -0.15) is 11.8 Å². The lowest BCUT2D eigenvalue weighted by Crippen LogP contribution is -2.25. The van der Waals surface area contributed by atoms with Gasteiger partial charge in [-0.3, -0.25) is 0 Å². The van der Waals surface area contributed by atoms with Gasteiger partial charge in [-0.1, -0.05) is 0 Å². The zero-order valence-electron chi connectivity index (χ0n) is 9.72. The lowest BCUT2D eigenvalue weighted by Gasteiger charge is -2.12. The Morgan fingerprint density at radius 3 is 2.67 bits per heavy atom. The Balaban J connectivity index is 1.81. The first-order chi connectivity index (χ1) is 7.15. The van der Waals surface area contributed by atoms with Crippen molar-refractivity contribution in [2.45, 2.75) is 38.0 Å². The summed E-state index contributed by atoms with van der Waals surface area (Å²) in [5, 5.41) is 3.60. The summed E-state index contributed by atoms with van der Waals surface area (Å²) in [6.45, 7) is 6.61. The zero-order valence-corrected chi connectivity index (χ0v) is 11.4. The molecule has 2 rings (SSSR count). The van der Waals surface area contributed by atoms with Gasteiger partial charge < -0.3 is 5.32 Å². The lowest BCUT2D eigenvalue weighted by atomic mass is 10.2. The number of thioether (sulfide) groups is 1. The van der Waals surface area contributed by atoms with Gasteiger partial charge in [0.05, 0.1) is 0 Å². The molecule has 1 N–H and O–H groups in total. The summed E-state index contributed by atoms with van der Waals surface area (Å²) in [5.41, 5.74) is 1.48. The topological polar surface area (TPSA) is 12.0 Å². The first-order valence-corrected chi connectivity index (χ1v) is 7.51. The van der Waals surface area contributed by atoms with Crippen LogP contribution in [0, 0.1) is 13.8 Å². The van der Waals surface area contributed by atoms with Crippen molar-refractivity contribution in [3.8, 4) is 0 Å². The van der Waals surface area contributed by atoms with Crippen LogP contribution in [0.2, 0.25) is 0 Å². The number of rotatable bonds is 5. The quantitative estimate of drug-likeness (QED) is 0.848. The molecule has 1 fully saturated rings. The Morgan fingerprint density at radius 2 is 2.20 bits per heavy atom. The van der Waals surface area contributed by atoms with Crippen molar-refractivity contribution in [2.24, 2.45) is 0 Å². The first kappa shape index (κ1) is 11.5. The molecule has 1 heterocycles. The molecule has 84 valence electrons. The fraction of sp³-hybridized carbons (Fsp3) is 0.667. The molecule has 15 heavy (non-hydrogen) atoms. The second kappa shape index (κ2) is 4.48. The van der Waals surface area contributed by atoms with Crippen LogP contribution < -0.4 is 5.32 Å². The molecule has 1 aromatic heterocycles. The van der Waals surface area contributed by atoms with Crippen molar-refractivity contribution in [1.29, 1.82) is 0 Å². The van der Waals surface area contributed by atoms with Crippen LogP contribution in [0.3, 0.4) is 0 Å². The van der Waals surface area contributed by atoms with Crippen molar-refractivity contribution >= 4 is 23.1 Å². The Hall–Kier alpha value is 0.01000. The summed E-state index contributed by atoms with van der Waals surface area (Å²) in [6.07, 6.45) is 5.01. The Bertz CT molecular complexity index is 339. The summed E-state index contributed by atoms with van der Waals surface area (Å²) < 4.78 is 0.582. The van der Waals surface area contributed by atoms with Gasteiger partial charge in [0, 0.05) is 27.6 Å². The average Bonchev–Trinajstić information content (AvgIpc) is 2.90. The molecule has 1 saturated carbocycles. The van der Waals surface area contributed by atoms with E-state index in [9.17, 15) is 0 Å². The van der Waals surface area contributed by atoms with Gasteiger partial charge in [0.2, 0.25) is 0 Å². The van der Waals surface area contributed by atoms with Crippen LogP contribution in [0.25, 0.3) is 0 Å². The summed E-state index contributed by atoms with van der Waals surface area (Å²) in [6, 6.07) is 2.31. The average molecular weight is 241 g/mol. The standard InChI is InChI=1S/C12H19NS2/c1-9-6-11(10(2)15-9)7-13-8-12(14-3)4-5-12/h6,13H,4-5,7-8H2,1-3H3. The maximum Gasteiger partial charge on any atom is 0.0282 e. The highest BCUT2D eigenvalue weighted by atomic mass is 32.2. The molecule has 0 atom stereocenters. The van der Waals surface area contributed by atoms with E-state index < -0.39 is 0 Å². The molecule has 0 spiro atoms. The van der Waals surface area contributed by atoms with Crippen LogP contribution in [0.5, 0.6) is 0 Å². The Kier molecular flexibility index (Phi) is 3.43. The van der Waals surface area contributed by atoms with E-state index in [4.69, 9.17) is 0 Å². The zero-order chi connectivity index (χ0) is 10.9. The largest absolute Gasteiger partial charge is 0.311 e. The molecule has 3 heteroatoms. The molecular weight excluding hydrogens is 222 g/mol.